The summed E-state index contributed by atoms with van der Waals surface area (Å²) in [6, 6.07) is 25.7. The van der Waals surface area contributed by atoms with Crippen LogP contribution in [0.5, 0.6) is 0 Å². The van der Waals surface area contributed by atoms with Crippen LogP contribution >= 0.6 is 0 Å². The molecular formula is C39H62N4+2. The van der Waals surface area contributed by atoms with Crippen LogP contribution in [0.1, 0.15) is 94.6 Å². The van der Waals surface area contributed by atoms with Crippen LogP contribution in [0.4, 0.5) is 0 Å². The molecule has 2 aromatic rings. The quantitative estimate of drug-likeness (QED) is 0.167. The fourth-order valence-electron chi connectivity index (χ4n) is 9.87. The highest BCUT2D eigenvalue weighted by atomic mass is 15.5. The molecule has 4 bridgehead atoms. The molecule has 0 aliphatic carbocycles. The van der Waals surface area contributed by atoms with Gasteiger partial charge in [-0.25, -0.2) is 0 Å². The number of likely N-dealkylation sites (N-methyl/N-ethyl adjacent to an activating group) is 2. The highest BCUT2D eigenvalue weighted by molar-refractivity contribution is 5.15. The molecule has 4 aliphatic rings. The summed E-state index contributed by atoms with van der Waals surface area (Å²) >= 11 is 0. The Bertz CT molecular complexity index is 987. The van der Waals surface area contributed by atoms with E-state index in [4.69, 9.17) is 0 Å². The maximum atomic E-state index is 2.77. The first-order chi connectivity index (χ1) is 21.0. The fourth-order valence-corrected chi connectivity index (χ4v) is 9.87. The minimum absolute atomic E-state index is 0.848. The second-order valence-electron chi connectivity index (χ2n) is 15.5. The van der Waals surface area contributed by atoms with Gasteiger partial charge in [0.15, 0.2) is 0 Å². The Balaban J connectivity index is 0.865. The summed E-state index contributed by atoms with van der Waals surface area (Å²) in [7, 11) is 5.24. The van der Waals surface area contributed by atoms with E-state index in [0.29, 0.717) is 0 Å². The molecule has 0 radical (unpaired) electrons. The van der Waals surface area contributed by atoms with Crippen molar-refractivity contribution in [2.24, 2.45) is 0 Å². The molecule has 4 aliphatic heterocycles. The normalized spacial score (nSPS) is 33.0. The minimum Gasteiger partial charge on any atom is -0.319 e. The first kappa shape index (κ1) is 31.3. The van der Waals surface area contributed by atoms with E-state index in [2.05, 4.69) is 84.6 Å². The van der Waals surface area contributed by atoms with Crippen molar-refractivity contribution in [1.82, 2.24) is 9.80 Å². The van der Waals surface area contributed by atoms with Gasteiger partial charge >= 0.3 is 0 Å². The monoisotopic (exact) mass is 586 g/mol. The summed E-state index contributed by atoms with van der Waals surface area (Å²) in [6.07, 6.45) is 18.7. The Morgan fingerprint density at radius 2 is 0.814 bits per heavy atom. The zero-order valence-corrected chi connectivity index (χ0v) is 27.7. The van der Waals surface area contributed by atoms with Crippen LogP contribution in [-0.4, -0.2) is 96.3 Å². The number of likely N-dealkylation sites (tertiary alicyclic amines) is 2. The van der Waals surface area contributed by atoms with E-state index in [1.165, 1.54) is 143 Å². The maximum absolute atomic E-state index is 2.77. The van der Waals surface area contributed by atoms with Gasteiger partial charge in [0.2, 0.25) is 0 Å². The SMILES string of the molecule is C[N+]1(CCCCCCCCC[N+]2(C)C3CCCC2CN(Cc2ccccc2)C3)C2CCCC1CN(Cc1ccccc1)C2. The lowest BCUT2D eigenvalue weighted by atomic mass is 9.87. The zero-order valence-electron chi connectivity index (χ0n) is 27.7. The number of piperidine rings is 2. The Kier molecular flexibility index (Phi) is 10.6. The van der Waals surface area contributed by atoms with Crippen LogP contribution in [0.3, 0.4) is 0 Å². The van der Waals surface area contributed by atoms with Crippen molar-refractivity contribution in [2.45, 2.75) is 121 Å². The Morgan fingerprint density at radius 1 is 0.488 bits per heavy atom. The average molecular weight is 587 g/mol. The third kappa shape index (κ3) is 7.57. The van der Waals surface area contributed by atoms with Crippen LogP contribution in [0, 0.1) is 0 Å². The topological polar surface area (TPSA) is 6.48 Å². The van der Waals surface area contributed by atoms with E-state index in [1.807, 2.05) is 0 Å². The fraction of sp³-hybridized carbons (Fsp3) is 0.692. The zero-order chi connectivity index (χ0) is 29.5. The van der Waals surface area contributed by atoms with Crippen LogP contribution < -0.4 is 0 Å². The van der Waals surface area contributed by atoms with Crippen molar-refractivity contribution in [3.63, 3.8) is 0 Å². The standard InChI is InChI=1S/C39H62N4/c1-42(36-22-16-23-37(42)31-40(30-36)28-34-18-10-8-11-19-34)26-14-6-4-3-5-7-15-27-43(2)38-24-17-25-39(43)33-41(32-38)29-35-20-12-9-13-21-35/h8-13,18-21,36-39H,3-7,14-17,22-33H2,1-2H3/q+2. The molecule has 236 valence electrons. The smallest absolute Gasteiger partial charge is 0.102 e. The second kappa shape index (κ2) is 14.6. The van der Waals surface area contributed by atoms with Gasteiger partial charge in [-0.15, -0.1) is 0 Å². The summed E-state index contributed by atoms with van der Waals surface area (Å²) < 4.78 is 2.74. The van der Waals surface area contributed by atoms with Crippen molar-refractivity contribution in [3.05, 3.63) is 71.8 Å². The molecule has 4 heterocycles. The van der Waals surface area contributed by atoms with Gasteiger partial charge in [-0.2, -0.15) is 0 Å². The molecular weight excluding hydrogens is 524 g/mol. The first-order valence-corrected chi connectivity index (χ1v) is 18.3. The van der Waals surface area contributed by atoms with Gasteiger partial charge in [0.05, 0.1) is 53.4 Å². The number of benzene rings is 2. The van der Waals surface area contributed by atoms with Crippen molar-refractivity contribution < 1.29 is 8.97 Å². The van der Waals surface area contributed by atoms with E-state index < -0.39 is 0 Å². The lowest BCUT2D eigenvalue weighted by Crippen LogP contribution is -2.70. The number of nitrogens with zero attached hydrogens (tertiary/aromatic N) is 4. The summed E-state index contributed by atoms with van der Waals surface area (Å²) in [5, 5.41) is 0. The Hall–Kier alpha value is -1.72. The van der Waals surface area contributed by atoms with Gasteiger partial charge in [0, 0.05) is 38.8 Å². The number of piperazine rings is 2. The summed E-state index contributed by atoms with van der Waals surface area (Å²) in [6.45, 7) is 10.3. The number of rotatable bonds is 14. The summed E-state index contributed by atoms with van der Waals surface area (Å²) in [5.74, 6) is 0. The number of quaternary nitrogens is 2. The molecule has 4 nitrogen and oxygen atoms in total. The average Bonchev–Trinajstić information content (AvgIpc) is 2.99. The number of unbranched alkanes of at least 4 members (excludes halogenated alkanes) is 6. The molecule has 4 fully saturated rings. The molecule has 0 aromatic heterocycles. The molecule has 6 rings (SSSR count). The van der Waals surface area contributed by atoms with Crippen molar-refractivity contribution in [3.8, 4) is 0 Å². The van der Waals surface area contributed by atoms with Crippen LogP contribution in [-0.2, 0) is 13.1 Å². The largest absolute Gasteiger partial charge is 0.319 e. The molecule has 4 atom stereocenters. The molecule has 0 amide bonds. The van der Waals surface area contributed by atoms with Gasteiger partial charge < -0.3 is 8.97 Å². The Morgan fingerprint density at radius 3 is 1.16 bits per heavy atom. The van der Waals surface area contributed by atoms with Gasteiger partial charge in [0.25, 0.3) is 0 Å². The van der Waals surface area contributed by atoms with E-state index >= 15 is 0 Å². The predicted octanol–water partition coefficient (Wildman–Crippen LogP) is 7.48. The van der Waals surface area contributed by atoms with Gasteiger partial charge in [-0.1, -0.05) is 79.9 Å². The number of hydrogen-bond donors (Lipinski definition) is 0. The number of fused-ring (bicyclic) bond motifs is 4. The van der Waals surface area contributed by atoms with Crippen LogP contribution in [0.25, 0.3) is 0 Å². The van der Waals surface area contributed by atoms with Crippen molar-refractivity contribution in [1.29, 1.82) is 0 Å². The van der Waals surface area contributed by atoms with E-state index in [-0.39, 0.29) is 0 Å². The Labute approximate surface area is 264 Å². The van der Waals surface area contributed by atoms with Gasteiger partial charge in [-0.3, -0.25) is 9.80 Å². The third-order valence-electron chi connectivity index (χ3n) is 12.6. The third-order valence-corrected chi connectivity index (χ3v) is 12.6. The molecule has 0 spiro atoms. The molecule has 2 aromatic carbocycles. The van der Waals surface area contributed by atoms with E-state index in [1.54, 1.807) is 0 Å². The predicted molar refractivity (Wildman–Crippen MR) is 181 cm³/mol. The highest BCUT2D eigenvalue weighted by Gasteiger charge is 2.48. The maximum Gasteiger partial charge on any atom is 0.102 e. The molecule has 43 heavy (non-hydrogen) atoms. The molecule has 0 N–H and O–H groups in total. The molecule has 4 heteroatoms. The lowest BCUT2D eigenvalue weighted by molar-refractivity contribution is -0.966. The molecule has 4 unspecified atom stereocenters. The first-order valence-electron chi connectivity index (χ1n) is 18.3. The van der Waals surface area contributed by atoms with Crippen molar-refractivity contribution in [2.75, 3.05) is 53.4 Å². The van der Waals surface area contributed by atoms with E-state index in [9.17, 15) is 0 Å². The molecule has 0 saturated carbocycles. The van der Waals surface area contributed by atoms with Gasteiger partial charge in [0.1, 0.15) is 24.2 Å². The van der Waals surface area contributed by atoms with E-state index in [0.717, 1.165) is 37.3 Å². The van der Waals surface area contributed by atoms with Crippen LogP contribution in [0.15, 0.2) is 60.7 Å². The summed E-state index contributed by atoms with van der Waals surface area (Å²) in [5.41, 5.74) is 2.97. The number of hydrogen-bond acceptors (Lipinski definition) is 2. The van der Waals surface area contributed by atoms with Crippen molar-refractivity contribution >= 4 is 0 Å². The highest BCUT2D eigenvalue weighted by Crippen LogP contribution is 2.37. The van der Waals surface area contributed by atoms with Gasteiger partial charge in [-0.05, 0) is 49.7 Å². The van der Waals surface area contributed by atoms with Crippen LogP contribution in [0.2, 0.25) is 0 Å². The summed E-state index contributed by atoms with van der Waals surface area (Å²) in [4.78, 5) is 5.54. The second-order valence-corrected chi connectivity index (χ2v) is 15.5. The minimum atomic E-state index is 0.848. The lowest BCUT2D eigenvalue weighted by Gasteiger charge is -2.56. The molecule has 4 saturated heterocycles.